The summed E-state index contributed by atoms with van der Waals surface area (Å²) in [7, 11) is 1.55. The van der Waals surface area contributed by atoms with Gasteiger partial charge in [-0.1, -0.05) is 38.0 Å². The van der Waals surface area contributed by atoms with E-state index in [1.54, 1.807) is 13.2 Å². The van der Waals surface area contributed by atoms with Crippen molar-refractivity contribution < 1.29 is 9.13 Å². The summed E-state index contributed by atoms with van der Waals surface area (Å²) in [5, 5.41) is 3.27. The second kappa shape index (κ2) is 7.42. The molecule has 134 valence electrons. The van der Waals surface area contributed by atoms with Crippen molar-refractivity contribution in [1.82, 2.24) is 0 Å². The monoisotopic (exact) mass is 342 g/mol. The van der Waals surface area contributed by atoms with E-state index in [2.05, 4.69) is 24.9 Å². The molecular weight excluding hydrogens is 315 g/mol. The molecule has 1 aliphatic carbocycles. The molecule has 1 fully saturated rings. The minimum atomic E-state index is -0.258. The van der Waals surface area contributed by atoms with Gasteiger partial charge in [0.05, 0.1) is 19.4 Å². The number of benzene rings is 1. The molecule has 0 aromatic heterocycles. The number of rotatable bonds is 4. The van der Waals surface area contributed by atoms with Gasteiger partial charge in [-0.2, -0.15) is 0 Å². The number of nitrogens with zero attached hydrogens (tertiary/aromatic N) is 1. The molecule has 4 heteroatoms. The van der Waals surface area contributed by atoms with Crippen LogP contribution in [0.5, 0.6) is 0 Å². The van der Waals surface area contributed by atoms with Crippen molar-refractivity contribution in [3.8, 4) is 0 Å². The van der Waals surface area contributed by atoms with Gasteiger partial charge < -0.3 is 10.1 Å². The Kier molecular flexibility index (Phi) is 5.26. The number of nitrogens with one attached hydrogen (secondary N) is 1. The second-order valence-electron chi connectivity index (χ2n) is 7.34. The number of aliphatic imine (C=N–C) groups is 1. The Hall–Kier alpha value is -2.10. The molecule has 1 aromatic carbocycles. The van der Waals surface area contributed by atoms with Gasteiger partial charge in [0, 0.05) is 17.5 Å². The number of hydrogen-bond acceptors (Lipinski definition) is 3. The zero-order valence-electron chi connectivity index (χ0n) is 15.2. The highest BCUT2D eigenvalue weighted by Crippen LogP contribution is 2.41. The lowest BCUT2D eigenvalue weighted by Crippen LogP contribution is -2.29. The van der Waals surface area contributed by atoms with Gasteiger partial charge in [-0.3, -0.25) is 4.99 Å². The summed E-state index contributed by atoms with van der Waals surface area (Å²) in [6, 6.07) is 5.16. The molecule has 0 amide bonds. The summed E-state index contributed by atoms with van der Waals surface area (Å²) in [6.45, 7) is 6.88. The molecule has 1 aliphatic heterocycles. The van der Waals surface area contributed by atoms with Crippen LogP contribution < -0.4 is 5.32 Å². The smallest absolute Gasteiger partial charge is 0.128 e. The number of halogens is 1. The molecule has 1 saturated carbocycles. The fourth-order valence-electron chi connectivity index (χ4n) is 3.64. The Balaban J connectivity index is 1.72. The first-order valence-electron chi connectivity index (χ1n) is 9.03. The van der Waals surface area contributed by atoms with Gasteiger partial charge >= 0.3 is 0 Å². The van der Waals surface area contributed by atoms with Gasteiger partial charge in [-0.25, -0.2) is 4.39 Å². The minimum absolute atomic E-state index is 0.206. The highest BCUT2D eigenvalue weighted by molar-refractivity contribution is 6.04. The summed E-state index contributed by atoms with van der Waals surface area (Å²) in [5.41, 5.74) is 2.99. The Morgan fingerprint density at radius 3 is 2.96 bits per heavy atom. The predicted molar refractivity (Wildman–Crippen MR) is 101 cm³/mol. The van der Waals surface area contributed by atoms with Crippen LogP contribution in [-0.4, -0.2) is 19.5 Å². The number of anilines is 1. The summed E-state index contributed by atoms with van der Waals surface area (Å²) in [4.78, 5) is 4.71. The molecule has 0 saturated heterocycles. The number of allylic oxidation sites excluding steroid dienone is 1. The zero-order valence-corrected chi connectivity index (χ0v) is 15.2. The number of amidine groups is 1. The number of dihydropyridines is 1. The van der Waals surface area contributed by atoms with Crippen molar-refractivity contribution in [2.45, 2.75) is 45.4 Å². The molecule has 1 aromatic rings. The normalized spacial score (nSPS) is 23.0. The van der Waals surface area contributed by atoms with E-state index in [0.717, 1.165) is 24.5 Å². The molecule has 1 atom stereocenters. The minimum Gasteiger partial charge on any atom is -0.501 e. The molecule has 1 heterocycles. The average molecular weight is 342 g/mol. The maximum atomic E-state index is 14.3. The van der Waals surface area contributed by atoms with Gasteiger partial charge in [0.15, 0.2) is 0 Å². The van der Waals surface area contributed by atoms with Crippen molar-refractivity contribution in [2.24, 2.45) is 10.4 Å². The number of methoxy groups -OCH3 is 1. The van der Waals surface area contributed by atoms with Crippen LogP contribution in [0.1, 0.15) is 44.6 Å². The predicted octanol–water partition coefficient (Wildman–Crippen LogP) is 5.25. The van der Waals surface area contributed by atoms with E-state index in [0.29, 0.717) is 17.7 Å². The van der Waals surface area contributed by atoms with E-state index >= 15 is 0 Å². The average Bonchev–Trinajstić information content (AvgIpc) is 2.78. The van der Waals surface area contributed by atoms with E-state index in [9.17, 15) is 4.39 Å². The largest absolute Gasteiger partial charge is 0.501 e. The van der Waals surface area contributed by atoms with Crippen LogP contribution in [0.25, 0.3) is 0 Å². The van der Waals surface area contributed by atoms with E-state index in [-0.39, 0.29) is 11.2 Å². The second-order valence-corrected chi connectivity index (χ2v) is 7.34. The van der Waals surface area contributed by atoms with Crippen LogP contribution >= 0.6 is 0 Å². The maximum absolute atomic E-state index is 14.3. The van der Waals surface area contributed by atoms with Crippen LogP contribution in [-0.2, 0) is 11.2 Å². The Labute approximate surface area is 149 Å². The molecular formula is C21H27FN2O. The SMILES string of the molecule is C=C(Cc1ccc(NC2=NCC3(C)CCCCCC3=C2)cc1F)OC. The first kappa shape index (κ1) is 17.7. The number of fused-ring (bicyclic) bond motifs is 1. The molecule has 1 N–H and O–H groups in total. The first-order valence-corrected chi connectivity index (χ1v) is 9.03. The molecule has 0 radical (unpaired) electrons. The topological polar surface area (TPSA) is 33.6 Å². The third-order valence-electron chi connectivity index (χ3n) is 5.36. The maximum Gasteiger partial charge on any atom is 0.128 e. The Morgan fingerprint density at radius 2 is 2.20 bits per heavy atom. The van der Waals surface area contributed by atoms with E-state index in [1.807, 2.05) is 6.07 Å². The van der Waals surface area contributed by atoms with Crippen LogP contribution in [0.3, 0.4) is 0 Å². The Morgan fingerprint density at radius 1 is 1.36 bits per heavy atom. The van der Waals surface area contributed by atoms with Crippen molar-refractivity contribution >= 4 is 11.5 Å². The van der Waals surface area contributed by atoms with Crippen LogP contribution in [0, 0.1) is 11.2 Å². The van der Waals surface area contributed by atoms with E-state index < -0.39 is 0 Å². The lowest BCUT2D eigenvalue weighted by atomic mass is 9.76. The summed E-state index contributed by atoms with van der Waals surface area (Å²) < 4.78 is 19.3. The quantitative estimate of drug-likeness (QED) is 0.758. The van der Waals surface area contributed by atoms with Crippen molar-refractivity contribution in [1.29, 1.82) is 0 Å². The van der Waals surface area contributed by atoms with Crippen LogP contribution in [0.2, 0.25) is 0 Å². The third-order valence-corrected chi connectivity index (χ3v) is 5.36. The van der Waals surface area contributed by atoms with Gasteiger partial charge in [0.2, 0.25) is 0 Å². The fourth-order valence-corrected chi connectivity index (χ4v) is 3.64. The zero-order chi connectivity index (χ0) is 17.9. The van der Waals surface area contributed by atoms with Gasteiger partial charge in [-0.05, 0) is 43.0 Å². The lowest BCUT2D eigenvalue weighted by molar-refractivity contribution is 0.284. The van der Waals surface area contributed by atoms with E-state index in [1.165, 1.54) is 37.3 Å². The molecule has 25 heavy (non-hydrogen) atoms. The first-order chi connectivity index (χ1) is 12.0. The Bertz CT molecular complexity index is 723. The van der Waals surface area contributed by atoms with Crippen molar-refractivity contribution in [3.05, 3.63) is 53.6 Å². The van der Waals surface area contributed by atoms with Gasteiger partial charge in [0.1, 0.15) is 11.7 Å². The lowest BCUT2D eigenvalue weighted by Gasteiger charge is -2.33. The molecule has 3 rings (SSSR count). The summed E-state index contributed by atoms with van der Waals surface area (Å²) in [5.74, 6) is 1.13. The highest BCUT2D eigenvalue weighted by Gasteiger charge is 2.32. The number of ether oxygens (including phenoxy) is 1. The molecule has 0 bridgehead atoms. The molecule has 0 spiro atoms. The molecule has 3 nitrogen and oxygen atoms in total. The van der Waals surface area contributed by atoms with Crippen LogP contribution in [0.4, 0.5) is 10.1 Å². The molecule has 2 aliphatic rings. The van der Waals surface area contributed by atoms with Crippen molar-refractivity contribution in [2.75, 3.05) is 19.0 Å². The van der Waals surface area contributed by atoms with Crippen molar-refractivity contribution in [3.63, 3.8) is 0 Å². The summed E-state index contributed by atoms with van der Waals surface area (Å²) >= 11 is 0. The molecule has 1 unspecified atom stereocenters. The number of hydrogen-bond donors (Lipinski definition) is 1. The van der Waals surface area contributed by atoms with Gasteiger partial charge in [-0.15, -0.1) is 0 Å². The van der Waals surface area contributed by atoms with E-state index in [4.69, 9.17) is 9.73 Å². The standard InChI is InChI=1S/C21H27FN2O/c1-15(25-3)11-16-8-9-18(13-19(16)22)24-20-12-17-7-5-4-6-10-21(17,2)14-23-20/h8-9,12-13H,1,4-7,10-11,14H2,2-3H3,(H,23,24). The van der Waals surface area contributed by atoms with Crippen LogP contribution in [0.15, 0.2) is 47.2 Å². The summed E-state index contributed by atoms with van der Waals surface area (Å²) in [6.07, 6.45) is 8.74. The van der Waals surface area contributed by atoms with Gasteiger partial charge in [0.25, 0.3) is 0 Å². The highest BCUT2D eigenvalue weighted by atomic mass is 19.1. The fraction of sp³-hybridized carbons (Fsp3) is 0.476. The third kappa shape index (κ3) is 4.12.